The van der Waals surface area contributed by atoms with Crippen LogP contribution in [0.15, 0.2) is 60.0 Å². The molecule has 0 fully saturated rings. The third-order valence-corrected chi connectivity index (χ3v) is 4.85. The Bertz CT molecular complexity index is 921. The molecule has 3 aromatic rings. The highest BCUT2D eigenvalue weighted by Crippen LogP contribution is 2.31. The predicted molar refractivity (Wildman–Crippen MR) is 104 cm³/mol. The number of methoxy groups -OCH3 is 1. The van der Waals surface area contributed by atoms with E-state index < -0.39 is 5.97 Å². The summed E-state index contributed by atoms with van der Waals surface area (Å²) in [6.07, 6.45) is 0.184. The van der Waals surface area contributed by atoms with Crippen LogP contribution in [0.3, 0.4) is 0 Å². The number of Topliss-reactive ketones (excluding diaryl/α,β-unsaturated/α-hetero) is 1. The summed E-state index contributed by atoms with van der Waals surface area (Å²) in [6, 6.07) is 16.5. The van der Waals surface area contributed by atoms with Crippen LogP contribution in [-0.4, -0.2) is 23.8 Å². The molecule has 2 aromatic carbocycles. The number of esters is 1. The van der Waals surface area contributed by atoms with Crippen molar-refractivity contribution < 1.29 is 19.1 Å². The normalized spacial score (nSPS) is 10.4. The Labute approximate surface area is 161 Å². The highest BCUT2D eigenvalue weighted by molar-refractivity contribution is 7.13. The van der Waals surface area contributed by atoms with E-state index in [2.05, 4.69) is 4.98 Å². The highest BCUT2D eigenvalue weighted by Gasteiger charge is 2.13. The zero-order chi connectivity index (χ0) is 19.1. The molecule has 6 heteroatoms. The maximum Gasteiger partial charge on any atom is 0.306 e. The molecule has 0 spiro atoms. The lowest BCUT2D eigenvalue weighted by molar-refractivity contribution is -0.145. The van der Waals surface area contributed by atoms with Crippen LogP contribution in [0.5, 0.6) is 5.75 Å². The van der Waals surface area contributed by atoms with Crippen molar-refractivity contribution >= 4 is 23.1 Å². The van der Waals surface area contributed by atoms with Gasteiger partial charge in [-0.25, -0.2) is 4.98 Å². The van der Waals surface area contributed by atoms with Gasteiger partial charge in [0.05, 0.1) is 24.8 Å². The number of para-hydroxylation sites is 1. The molecule has 1 aromatic heterocycles. The summed E-state index contributed by atoms with van der Waals surface area (Å²) in [7, 11) is 1.62. The lowest BCUT2D eigenvalue weighted by Gasteiger charge is -2.05. The molecule has 5 nitrogen and oxygen atoms in total. The van der Waals surface area contributed by atoms with Crippen LogP contribution in [-0.2, 0) is 16.1 Å². The summed E-state index contributed by atoms with van der Waals surface area (Å²) in [5.41, 5.74) is 2.17. The molecular weight excluding hydrogens is 362 g/mol. The third kappa shape index (κ3) is 5.01. The van der Waals surface area contributed by atoms with Gasteiger partial charge in [-0.1, -0.05) is 42.5 Å². The molecule has 0 radical (unpaired) electrons. The Morgan fingerprint density at radius 3 is 2.52 bits per heavy atom. The largest absolute Gasteiger partial charge is 0.496 e. The number of aromatic nitrogens is 1. The first kappa shape index (κ1) is 18.8. The molecule has 138 valence electrons. The van der Waals surface area contributed by atoms with Crippen molar-refractivity contribution in [1.29, 1.82) is 0 Å². The van der Waals surface area contributed by atoms with E-state index in [4.69, 9.17) is 9.47 Å². The summed E-state index contributed by atoms with van der Waals surface area (Å²) in [4.78, 5) is 28.4. The minimum atomic E-state index is -0.411. The van der Waals surface area contributed by atoms with Gasteiger partial charge < -0.3 is 9.47 Å². The van der Waals surface area contributed by atoms with Crippen molar-refractivity contribution in [2.75, 3.05) is 7.11 Å². The Hall–Kier alpha value is -2.99. The molecule has 0 atom stereocenters. The van der Waals surface area contributed by atoms with Gasteiger partial charge in [-0.3, -0.25) is 9.59 Å². The summed E-state index contributed by atoms with van der Waals surface area (Å²) in [5, 5.41) is 2.65. The number of ether oxygens (including phenoxy) is 2. The van der Waals surface area contributed by atoms with E-state index in [0.717, 1.165) is 16.3 Å². The van der Waals surface area contributed by atoms with E-state index in [1.54, 1.807) is 31.4 Å². The zero-order valence-corrected chi connectivity index (χ0v) is 15.7. The predicted octanol–water partition coefficient (Wildman–Crippen LogP) is 4.53. The van der Waals surface area contributed by atoms with Gasteiger partial charge in [0.2, 0.25) is 0 Å². The Morgan fingerprint density at radius 1 is 1.00 bits per heavy atom. The summed E-state index contributed by atoms with van der Waals surface area (Å²) >= 11 is 1.46. The summed E-state index contributed by atoms with van der Waals surface area (Å²) < 4.78 is 10.6. The fourth-order valence-corrected chi connectivity index (χ4v) is 3.36. The van der Waals surface area contributed by atoms with Crippen molar-refractivity contribution in [2.45, 2.75) is 19.4 Å². The minimum absolute atomic E-state index is 0.0528. The van der Waals surface area contributed by atoms with Crippen molar-refractivity contribution in [1.82, 2.24) is 4.98 Å². The number of rotatable bonds is 8. The SMILES string of the molecule is COc1ccccc1-c1nc(COC(=O)CCC(=O)c2ccccc2)cs1. The van der Waals surface area contributed by atoms with Gasteiger partial charge in [0.25, 0.3) is 0 Å². The first-order valence-electron chi connectivity index (χ1n) is 8.49. The second-order valence-corrected chi connectivity index (χ2v) is 6.65. The van der Waals surface area contributed by atoms with E-state index in [9.17, 15) is 9.59 Å². The number of carbonyl (C=O) groups is 2. The van der Waals surface area contributed by atoms with Crippen LogP contribution in [0.2, 0.25) is 0 Å². The quantitative estimate of drug-likeness (QED) is 0.424. The second-order valence-electron chi connectivity index (χ2n) is 5.79. The van der Waals surface area contributed by atoms with Crippen molar-refractivity contribution in [3.8, 4) is 16.3 Å². The van der Waals surface area contributed by atoms with Crippen LogP contribution in [0.4, 0.5) is 0 Å². The molecule has 0 aliphatic heterocycles. The van der Waals surface area contributed by atoms with Crippen molar-refractivity contribution in [3.63, 3.8) is 0 Å². The van der Waals surface area contributed by atoms with Gasteiger partial charge in [-0.05, 0) is 12.1 Å². The van der Waals surface area contributed by atoms with Crippen LogP contribution in [0, 0.1) is 0 Å². The number of thiazole rings is 1. The molecule has 0 amide bonds. The van der Waals surface area contributed by atoms with Gasteiger partial charge in [0.1, 0.15) is 17.4 Å². The molecule has 1 heterocycles. The highest BCUT2D eigenvalue weighted by atomic mass is 32.1. The summed E-state index contributed by atoms with van der Waals surface area (Å²) in [5.74, 6) is 0.264. The minimum Gasteiger partial charge on any atom is -0.496 e. The van der Waals surface area contributed by atoms with E-state index in [-0.39, 0.29) is 25.2 Å². The molecule has 0 aliphatic rings. The average molecular weight is 381 g/mol. The van der Waals surface area contributed by atoms with Gasteiger partial charge in [0.15, 0.2) is 5.78 Å². The lowest BCUT2D eigenvalue weighted by Crippen LogP contribution is -2.08. The third-order valence-electron chi connectivity index (χ3n) is 3.92. The van der Waals surface area contributed by atoms with E-state index >= 15 is 0 Å². The topological polar surface area (TPSA) is 65.5 Å². The maximum absolute atomic E-state index is 12.0. The van der Waals surface area contributed by atoms with Crippen LogP contribution >= 0.6 is 11.3 Å². The second kappa shape index (κ2) is 9.09. The first-order valence-corrected chi connectivity index (χ1v) is 9.37. The monoisotopic (exact) mass is 381 g/mol. The number of hydrogen-bond acceptors (Lipinski definition) is 6. The molecule has 0 saturated heterocycles. The average Bonchev–Trinajstić information content (AvgIpc) is 3.20. The molecule has 0 N–H and O–H groups in total. The molecule has 0 unspecified atom stereocenters. The first-order chi connectivity index (χ1) is 13.2. The number of carbonyl (C=O) groups excluding carboxylic acids is 2. The van der Waals surface area contributed by atoms with Crippen molar-refractivity contribution in [2.24, 2.45) is 0 Å². The fraction of sp³-hybridized carbons (Fsp3) is 0.190. The van der Waals surface area contributed by atoms with E-state index in [1.807, 2.05) is 35.7 Å². The molecule has 27 heavy (non-hydrogen) atoms. The maximum atomic E-state index is 12.0. The zero-order valence-electron chi connectivity index (χ0n) is 14.9. The fourth-order valence-electron chi connectivity index (χ4n) is 2.53. The smallest absolute Gasteiger partial charge is 0.306 e. The number of benzene rings is 2. The van der Waals surface area contributed by atoms with Crippen LogP contribution in [0.25, 0.3) is 10.6 Å². The van der Waals surface area contributed by atoms with Crippen LogP contribution in [0.1, 0.15) is 28.9 Å². The van der Waals surface area contributed by atoms with Crippen molar-refractivity contribution in [3.05, 3.63) is 71.2 Å². The van der Waals surface area contributed by atoms with Crippen LogP contribution < -0.4 is 4.74 Å². The van der Waals surface area contributed by atoms with Gasteiger partial charge in [-0.15, -0.1) is 11.3 Å². The number of ketones is 1. The number of nitrogens with zero attached hydrogens (tertiary/aromatic N) is 1. The molecule has 3 rings (SSSR count). The molecule has 0 bridgehead atoms. The van der Waals surface area contributed by atoms with E-state index in [0.29, 0.717) is 11.3 Å². The Balaban J connectivity index is 1.51. The van der Waals surface area contributed by atoms with Gasteiger partial charge in [-0.2, -0.15) is 0 Å². The van der Waals surface area contributed by atoms with E-state index in [1.165, 1.54) is 11.3 Å². The Morgan fingerprint density at radius 2 is 1.74 bits per heavy atom. The standard InChI is InChI=1S/C21H19NO4S/c1-25-19-10-6-5-9-17(19)21-22-16(14-27-21)13-26-20(24)12-11-18(23)15-7-3-2-4-8-15/h2-10,14H,11-13H2,1H3. The molecular formula is C21H19NO4S. The lowest BCUT2D eigenvalue weighted by atomic mass is 10.1. The van der Waals surface area contributed by atoms with Gasteiger partial charge >= 0.3 is 5.97 Å². The molecule has 0 aliphatic carbocycles. The molecule has 0 saturated carbocycles. The number of hydrogen-bond donors (Lipinski definition) is 0. The summed E-state index contributed by atoms with van der Waals surface area (Å²) in [6.45, 7) is 0.0873. The van der Waals surface area contributed by atoms with Gasteiger partial charge in [0, 0.05) is 17.4 Å². The Kier molecular flexibility index (Phi) is 6.33.